The summed E-state index contributed by atoms with van der Waals surface area (Å²) in [5.41, 5.74) is 6.44. The molecule has 0 saturated carbocycles. The third-order valence-electron chi connectivity index (χ3n) is 6.92. The van der Waals surface area contributed by atoms with E-state index >= 15 is 0 Å². The Morgan fingerprint density at radius 3 is 2.50 bits per heavy atom. The molecule has 7 nitrogen and oxygen atoms in total. The Bertz CT molecular complexity index is 1430. The zero-order valence-electron chi connectivity index (χ0n) is 22.3. The van der Waals surface area contributed by atoms with Crippen molar-refractivity contribution in [1.82, 2.24) is 15.1 Å². The van der Waals surface area contributed by atoms with Crippen molar-refractivity contribution in [2.75, 3.05) is 27.4 Å². The minimum absolute atomic E-state index is 0.0591. The van der Waals surface area contributed by atoms with Crippen LogP contribution in [-0.4, -0.2) is 48.4 Å². The van der Waals surface area contributed by atoms with Crippen LogP contribution < -0.4 is 14.2 Å². The fourth-order valence-electron chi connectivity index (χ4n) is 4.99. The van der Waals surface area contributed by atoms with E-state index in [0.717, 1.165) is 40.1 Å². The van der Waals surface area contributed by atoms with Crippen molar-refractivity contribution in [1.29, 1.82) is 0 Å². The van der Waals surface area contributed by atoms with Crippen LogP contribution in [-0.2, 0) is 6.42 Å². The molecular formula is C31H33N3O4. The molecule has 1 aliphatic heterocycles. The standard InChI is InChI=1S/C31H33N3O4/c1-5-17-38-24-8-6-7-23(19-24)30-27-28(22-12-9-20(2)10-13-22)32-33-29(27)31(35)34(30)16-15-21-11-14-25(36-3)26(18-21)37-4/h6-14,18-19,30H,5,15-17H2,1-4H3,(H,32,33). The molecule has 5 rings (SSSR count). The van der Waals surface area contributed by atoms with E-state index in [1.807, 2.05) is 41.3 Å². The molecule has 0 bridgehead atoms. The molecule has 0 radical (unpaired) electrons. The van der Waals surface area contributed by atoms with Gasteiger partial charge >= 0.3 is 0 Å². The largest absolute Gasteiger partial charge is 0.494 e. The van der Waals surface area contributed by atoms with Gasteiger partial charge in [0.2, 0.25) is 0 Å². The second-order valence-corrected chi connectivity index (χ2v) is 9.49. The average molecular weight is 512 g/mol. The van der Waals surface area contributed by atoms with E-state index in [2.05, 4.69) is 54.4 Å². The first-order chi connectivity index (χ1) is 18.5. The first-order valence-electron chi connectivity index (χ1n) is 12.9. The zero-order chi connectivity index (χ0) is 26.6. The number of nitrogens with one attached hydrogen (secondary N) is 1. The number of aromatic nitrogens is 2. The highest BCUT2D eigenvalue weighted by Crippen LogP contribution is 2.43. The molecule has 196 valence electrons. The summed E-state index contributed by atoms with van der Waals surface area (Å²) in [5.74, 6) is 2.09. The lowest BCUT2D eigenvalue weighted by Gasteiger charge is -2.27. The van der Waals surface area contributed by atoms with Gasteiger partial charge in [-0.3, -0.25) is 9.89 Å². The molecule has 1 atom stereocenters. The highest BCUT2D eigenvalue weighted by molar-refractivity contribution is 6.00. The zero-order valence-corrected chi connectivity index (χ0v) is 22.3. The second-order valence-electron chi connectivity index (χ2n) is 9.49. The molecule has 0 spiro atoms. The van der Waals surface area contributed by atoms with Crippen molar-refractivity contribution in [2.45, 2.75) is 32.7 Å². The summed E-state index contributed by atoms with van der Waals surface area (Å²) in [5, 5.41) is 7.65. The fraction of sp³-hybridized carbons (Fsp3) is 0.290. The van der Waals surface area contributed by atoms with E-state index in [9.17, 15) is 4.79 Å². The molecule has 0 fully saturated rings. The Balaban J connectivity index is 1.53. The summed E-state index contributed by atoms with van der Waals surface area (Å²) in [6, 6.07) is 21.9. The molecule has 1 aliphatic rings. The number of benzene rings is 3. The number of hydrogen-bond donors (Lipinski definition) is 1. The van der Waals surface area contributed by atoms with Gasteiger partial charge in [0.15, 0.2) is 11.5 Å². The van der Waals surface area contributed by atoms with Gasteiger partial charge in [0.25, 0.3) is 5.91 Å². The Hall–Kier alpha value is -4.26. The summed E-state index contributed by atoms with van der Waals surface area (Å²) < 4.78 is 16.8. The smallest absolute Gasteiger partial charge is 0.273 e. The third kappa shape index (κ3) is 4.84. The van der Waals surface area contributed by atoms with Gasteiger partial charge in [0, 0.05) is 17.7 Å². The maximum absolute atomic E-state index is 13.8. The van der Waals surface area contributed by atoms with Crippen molar-refractivity contribution < 1.29 is 19.0 Å². The maximum Gasteiger partial charge on any atom is 0.273 e. The SMILES string of the molecule is CCCOc1cccc(C2c3c(-c4ccc(C)cc4)n[nH]c3C(=O)N2CCc2ccc(OC)c(OC)c2)c1. The molecule has 3 aromatic carbocycles. The van der Waals surface area contributed by atoms with Gasteiger partial charge < -0.3 is 19.1 Å². The Morgan fingerprint density at radius 2 is 1.76 bits per heavy atom. The van der Waals surface area contributed by atoms with Crippen molar-refractivity contribution in [2.24, 2.45) is 0 Å². The Morgan fingerprint density at radius 1 is 0.974 bits per heavy atom. The van der Waals surface area contributed by atoms with E-state index in [4.69, 9.17) is 14.2 Å². The molecule has 1 unspecified atom stereocenters. The number of ether oxygens (including phenoxy) is 3. The first-order valence-corrected chi connectivity index (χ1v) is 12.9. The predicted molar refractivity (Wildman–Crippen MR) is 147 cm³/mol. The number of H-pyrrole nitrogens is 1. The second kappa shape index (κ2) is 11.0. The van der Waals surface area contributed by atoms with Crippen molar-refractivity contribution >= 4 is 5.91 Å². The van der Waals surface area contributed by atoms with Crippen LogP contribution >= 0.6 is 0 Å². The van der Waals surface area contributed by atoms with Crippen LogP contribution in [0.1, 0.15) is 52.1 Å². The van der Waals surface area contributed by atoms with E-state index < -0.39 is 0 Å². The quantitative estimate of drug-likeness (QED) is 0.284. The lowest BCUT2D eigenvalue weighted by Crippen LogP contribution is -2.31. The average Bonchev–Trinajstić information content (AvgIpc) is 3.49. The number of aromatic amines is 1. The monoisotopic (exact) mass is 511 g/mol. The third-order valence-corrected chi connectivity index (χ3v) is 6.92. The highest BCUT2D eigenvalue weighted by Gasteiger charge is 2.42. The van der Waals surface area contributed by atoms with Crippen LogP contribution in [0.3, 0.4) is 0 Å². The van der Waals surface area contributed by atoms with Crippen LogP contribution in [0.15, 0.2) is 66.7 Å². The van der Waals surface area contributed by atoms with E-state index in [0.29, 0.717) is 36.8 Å². The summed E-state index contributed by atoms with van der Waals surface area (Å²) in [6.45, 7) is 5.31. The van der Waals surface area contributed by atoms with Crippen LogP contribution in [0.4, 0.5) is 0 Å². The van der Waals surface area contributed by atoms with Gasteiger partial charge in [-0.1, -0.05) is 55.0 Å². The van der Waals surface area contributed by atoms with E-state index in [1.165, 1.54) is 5.56 Å². The van der Waals surface area contributed by atoms with Gasteiger partial charge in [-0.25, -0.2) is 0 Å². The van der Waals surface area contributed by atoms with Gasteiger partial charge in [0.05, 0.1) is 32.6 Å². The van der Waals surface area contributed by atoms with Crippen LogP contribution in [0, 0.1) is 6.92 Å². The Kier molecular flexibility index (Phi) is 7.36. The topological polar surface area (TPSA) is 76.7 Å². The predicted octanol–water partition coefficient (Wildman–Crippen LogP) is 5.98. The summed E-state index contributed by atoms with van der Waals surface area (Å²) in [6.07, 6.45) is 1.58. The summed E-state index contributed by atoms with van der Waals surface area (Å²) in [4.78, 5) is 15.7. The molecule has 38 heavy (non-hydrogen) atoms. The molecule has 7 heteroatoms. The van der Waals surface area contributed by atoms with Gasteiger partial charge in [0.1, 0.15) is 11.4 Å². The maximum atomic E-state index is 13.8. The number of nitrogens with zero attached hydrogens (tertiary/aromatic N) is 2. The number of carbonyl (C=O) groups excluding carboxylic acids is 1. The fourth-order valence-corrected chi connectivity index (χ4v) is 4.99. The molecule has 0 saturated heterocycles. The summed E-state index contributed by atoms with van der Waals surface area (Å²) in [7, 11) is 3.25. The molecule has 1 amide bonds. The number of aryl methyl sites for hydroxylation is 1. The van der Waals surface area contributed by atoms with Gasteiger partial charge in [-0.15, -0.1) is 0 Å². The Labute approximate surface area is 223 Å². The minimum Gasteiger partial charge on any atom is -0.494 e. The molecular weight excluding hydrogens is 478 g/mol. The normalized spacial score (nSPS) is 14.5. The number of rotatable bonds is 10. The molecule has 1 N–H and O–H groups in total. The number of methoxy groups -OCH3 is 2. The van der Waals surface area contributed by atoms with Crippen LogP contribution in [0.2, 0.25) is 0 Å². The molecule has 0 aliphatic carbocycles. The van der Waals surface area contributed by atoms with Crippen LogP contribution in [0.5, 0.6) is 17.2 Å². The number of hydrogen-bond acceptors (Lipinski definition) is 5. The molecule has 2 heterocycles. The van der Waals surface area contributed by atoms with Crippen molar-refractivity contribution in [3.8, 4) is 28.5 Å². The lowest BCUT2D eigenvalue weighted by molar-refractivity contribution is 0.0745. The van der Waals surface area contributed by atoms with E-state index in [1.54, 1.807) is 14.2 Å². The highest BCUT2D eigenvalue weighted by atomic mass is 16.5. The molecule has 1 aromatic heterocycles. The van der Waals surface area contributed by atoms with Crippen molar-refractivity contribution in [3.05, 3.63) is 94.7 Å². The number of fused-ring (bicyclic) bond motifs is 1. The van der Waals surface area contributed by atoms with Gasteiger partial charge in [-0.2, -0.15) is 5.10 Å². The molecule has 4 aromatic rings. The number of amides is 1. The summed E-state index contributed by atoms with van der Waals surface area (Å²) >= 11 is 0. The van der Waals surface area contributed by atoms with Crippen LogP contribution in [0.25, 0.3) is 11.3 Å². The number of carbonyl (C=O) groups is 1. The van der Waals surface area contributed by atoms with Crippen molar-refractivity contribution in [3.63, 3.8) is 0 Å². The first kappa shape index (κ1) is 25.4. The minimum atomic E-state index is -0.294. The van der Waals surface area contributed by atoms with E-state index in [-0.39, 0.29) is 11.9 Å². The lowest BCUT2D eigenvalue weighted by atomic mass is 9.95. The van der Waals surface area contributed by atoms with Gasteiger partial charge in [-0.05, 0) is 55.2 Å².